The van der Waals surface area contributed by atoms with Crippen LogP contribution >= 0.6 is 0 Å². The molecule has 1 aliphatic heterocycles. The van der Waals surface area contributed by atoms with Gasteiger partial charge in [0.1, 0.15) is 0 Å². The molecule has 0 unspecified atom stereocenters. The molecule has 0 saturated heterocycles. The SMILES string of the molecule is CCc1ccc2c(c1)NC(=O)/C2=N\OCC(F)(F)F. The van der Waals surface area contributed by atoms with Crippen LogP contribution in [0.15, 0.2) is 23.4 Å². The van der Waals surface area contributed by atoms with Crippen molar-refractivity contribution >= 4 is 17.3 Å². The first-order valence-electron chi connectivity index (χ1n) is 5.62. The Hall–Kier alpha value is -2.05. The lowest BCUT2D eigenvalue weighted by Crippen LogP contribution is -2.18. The van der Waals surface area contributed by atoms with Gasteiger partial charge in [0.25, 0.3) is 5.91 Å². The van der Waals surface area contributed by atoms with Crippen molar-refractivity contribution < 1.29 is 22.8 Å². The summed E-state index contributed by atoms with van der Waals surface area (Å²) in [5.74, 6) is -0.564. The van der Waals surface area contributed by atoms with Crippen molar-refractivity contribution in [3.05, 3.63) is 29.3 Å². The summed E-state index contributed by atoms with van der Waals surface area (Å²) in [6, 6.07) is 5.19. The molecule has 4 nitrogen and oxygen atoms in total. The maximum Gasteiger partial charge on any atom is 0.425 e. The highest BCUT2D eigenvalue weighted by molar-refractivity contribution is 6.53. The van der Waals surface area contributed by atoms with E-state index in [-0.39, 0.29) is 5.71 Å². The zero-order valence-corrected chi connectivity index (χ0v) is 10.0. The predicted octanol–water partition coefficient (Wildman–Crippen LogP) is 2.48. The number of carbonyl (C=O) groups excluding carboxylic acids is 1. The van der Waals surface area contributed by atoms with Crippen LogP contribution in [-0.4, -0.2) is 24.4 Å². The number of anilines is 1. The van der Waals surface area contributed by atoms with Crippen molar-refractivity contribution in [2.75, 3.05) is 11.9 Å². The minimum atomic E-state index is -4.48. The van der Waals surface area contributed by atoms with Crippen LogP contribution in [0.2, 0.25) is 0 Å². The summed E-state index contributed by atoms with van der Waals surface area (Å²) in [6.07, 6.45) is -3.69. The molecule has 7 heteroatoms. The summed E-state index contributed by atoms with van der Waals surface area (Å²) in [7, 11) is 0. The van der Waals surface area contributed by atoms with Crippen LogP contribution in [0.3, 0.4) is 0 Å². The lowest BCUT2D eigenvalue weighted by Gasteiger charge is -2.04. The zero-order valence-electron chi connectivity index (χ0n) is 10.0. The molecule has 1 aromatic rings. The maximum absolute atomic E-state index is 11.9. The summed E-state index contributed by atoms with van der Waals surface area (Å²) in [5, 5.41) is 5.81. The van der Waals surface area contributed by atoms with Crippen molar-refractivity contribution in [3.8, 4) is 0 Å². The largest absolute Gasteiger partial charge is 0.425 e. The van der Waals surface area contributed by atoms with Crippen molar-refractivity contribution in [1.82, 2.24) is 0 Å². The fraction of sp³-hybridized carbons (Fsp3) is 0.333. The number of hydrogen-bond donors (Lipinski definition) is 1. The third kappa shape index (κ3) is 3.04. The molecule has 0 spiro atoms. The number of rotatable bonds is 3. The van der Waals surface area contributed by atoms with Gasteiger partial charge in [-0.05, 0) is 18.1 Å². The van der Waals surface area contributed by atoms with Crippen molar-refractivity contribution in [3.63, 3.8) is 0 Å². The number of hydrogen-bond acceptors (Lipinski definition) is 3. The van der Waals surface area contributed by atoms with Crippen LogP contribution in [-0.2, 0) is 16.1 Å². The highest BCUT2D eigenvalue weighted by Crippen LogP contribution is 2.25. The van der Waals surface area contributed by atoms with E-state index in [4.69, 9.17) is 0 Å². The highest BCUT2D eigenvalue weighted by atomic mass is 19.4. The molecule has 0 bridgehead atoms. The second-order valence-electron chi connectivity index (χ2n) is 4.02. The summed E-state index contributed by atoms with van der Waals surface area (Å²) in [4.78, 5) is 15.8. The monoisotopic (exact) mass is 272 g/mol. The topological polar surface area (TPSA) is 50.7 Å². The van der Waals surface area contributed by atoms with Crippen LogP contribution in [0.1, 0.15) is 18.1 Å². The van der Waals surface area contributed by atoms with Crippen LogP contribution in [0.4, 0.5) is 18.9 Å². The quantitative estimate of drug-likeness (QED) is 0.859. The van der Waals surface area contributed by atoms with E-state index in [2.05, 4.69) is 15.3 Å². The number of aryl methyl sites for hydroxylation is 1. The summed E-state index contributed by atoms with van der Waals surface area (Å²) < 4.78 is 35.8. The first-order chi connectivity index (χ1) is 8.90. The summed E-state index contributed by atoms with van der Waals surface area (Å²) in [6.45, 7) is 0.437. The predicted molar refractivity (Wildman–Crippen MR) is 63.0 cm³/mol. The molecule has 0 saturated carbocycles. The molecule has 1 aromatic carbocycles. The van der Waals surface area contributed by atoms with E-state index in [0.29, 0.717) is 11.3 Å². The van der Waals surface area contributed by atoms with Crippen molar-refractivity contribution in [2.24, 2.45) is 5.16 Å². The smallest absolute Gasteiger partial charge is 0.385 e. The molecule has 0 fully saturated rings. The van der Waals surface area contributed by atoms with Crippen LogP contribution < -0.4 is 5.32 Å². The molecule has 1 N–H and O–H groups in total. The molecule has 0 aliphatic carbocycles. The van der Waals surface area contributed by atoms with Gasteiger partial charge in [-0.25, -0.2) is 0 Å². The fourth-order valence-corrected chi connectivity index (χ4v) is 1.69. The second-order valence-corrected chi connectivity index (χ2v) is 4.02. The Balaban J connectivity index is 2.20. The van der Waals surface area contributed by atoms with Gasteiger partial charge < -0.3 is 10.2 Å². The molecule has 1 amide bonds. The van der Waals surface area contributed by atoms with Crippen LogP contribution in [0.5, 0.6) is 0 Å². The first-order valence-corrected chi connectivity index (χ1v) is 5.62. The summed E-state index contributed by atoms with van der Waals surface area (Å²) in [5.41, 5.74) is 1.86. The lowest BCUT2D eigenvalue weighted by molar-refractivity contribution is -0.173. The Bertz CT molecular complexity index is 538. The van der Waals surface area contributed by atoms with Gasteiger partial charge in [0.05, 0.1) is 5.69 Å². The molecule has 102 valence electrons. The zero-order chi connectivity index (χ0) is 14.0. The number of nitrogens with zero attached hydrogens (tertiary/aromatic N) is 1. The minimum absolute atomic E-state index is 0.137. The van der Waals surface area contributed by atoms with E-state index in [1.807, 2.05) is 6.92 Å². The number of nitrogens with one attached hydrogen (secondary N) is 1. The molecule has 1 aliphatic rings. The second kappa shape index (κ2) is 4.91. The Morgan fingerprint density at radius 2 is 2.11 bits per heavy atom. The Morgan fingerprint density at radius 3 is 2.74 bits per heavy atom. The third-order valence-electron chi connectivity index (χ3n) is 2.59. The minimum Gasteiger partial charge on any atom is -0.385 e. The van der Waals surface area contributed by atoms with Gasteiger partial charge in [0.15, 0.2) is 5.71 Å². The third-order valence-corrected chi connectivity index (χ3v) is 2.59. The van der Waals surface area contributed by atoms with E-state index in [0.717, 1.165) is 12.0 Å². The molecular formula is C12H11F3N2O2. The lowest BCUT2D eigenvalue weighted by atomic mass is 10.1. The molecule has 0 aromatic heterocycles. The van der Waals surface area contributed by atoms with Gasteiger partial charge in [-0.1, -0.05) is 24.2 Å². The Morgan fingerprint density at radius 1 is 1.37 bits per heavy atom. The molecule has 19 heavy (non-hydrogen) atoms. The molecular weight excluding hydrogens is 261 g/mol. The van der Waals surface area contributed by atoms with Gasteiger partial charge in [-0.15, -0.1) is 0 Å². The normalized spacial score (nSPS) is 16.4. The number of halogens is 3. The van der Waals surface area contributed by atoms with Gasteiger partial charge in [0, 0.05) is 5.56 Å². The summed E-state index contributed by atoms with van der Waals surface area (Å²) >= 11 is 0. The molecule has 0 radical (unpaired) electrons. The number of alkyl halides is 3. The van der Waals surface area contributed by atoms with E-state index >= 15 is 0 Å². The number of benzene rings is 1. The van der Waals surface area contributed by atoms with Gasteiger partial charge >= 0.3 is 6.18 Å². The average molecular weight is 272 g/mol. The Kier molecular flexibility index (Phi) is 3.46. The highest BCUT2D eigenvalue weighted by Gasteiger charge is 2.30. The van der Waals surface area contributed by atoms with Crippen LogP contribution in [0, 0.1) is 0 Å². The van der Waals surface area contributed by atoms with Gasteiger partial charge in [0.2, 0.25) is 6.61 Å². The number of amides is 1. The standard InChI is InChI=1S/C12H11F3N2O2/c1-2-7-3-4-8-9(5-7)16-11(18)10(8)17-19-6-12(13,14)15/h3-5H,2,6H2,1H3,(H,16,17,18). The molecule has 2 rings (SSSR count). The number of fused-ring (bicyclic) bond motifs is 1. The van der Waals surface area contributed by atoms with Gasteiger partial charge in [-0.3, -0.25) is 4.79 Å². The number of oxime groups is 1. The molecule has 1 heterocycles. The van der Waals surface area contributed by atoms with E-state index in [1.165, 1.54) is 0 Å². The first kappa shape index (κ1) is 13.4. The van der Waals surface area contributed by atoms with E-state index in [9.17, 15) is 18.0 Å². The van der Waals surface area contributed by atoms with E-state index in [1.54, 1.807) is 18.2 Å². The maximum atomic E-state index is 11.9. The number of carbonyl (C=O) groups is 1. The van der Waals surface area contributed by atoms with Crippen molar-refractivity contribution in [2.45, 2.75) is 19.5 Å². The fourth-order valence-electron chi connectivity index (χ4n) is 1.69. The Labute approximate surface area is 107 Å². The van der Waals surface area contributed by atoms with Crippen LogP contribution in [0.25, 0.3) is 0 Å². The van der Waals surface area contributed by atoms with Crippen molar-refractivity contribution in [1.29, 1.82) is 0 Å². The van der Waals surface area contributed by atoms with E-state index < -0.39 is 18.7 Å². The average Bonchev–Trinajstić information content (AvgIpc) is 2.63. The van der Waals surface area contributed by atoms with Gasteiger partial charge in [-0.2, -0.15) is 13.2 Å². The molecule has 0 atom stereocenters.